The summed E-state index contributed by atoms with van der Waals surface area (Å²) in [6.45, 7) is 5.85. The summed E-state index contributed by atoms with van der Waals surface area (Å²) in [5.74, 6) is 1.08. The molecular weight excluding hydrogens is 228 g/mol. The van der Waals surface area contributed by atoms with Crippen molar-refractivity contribution < 1.29 is 9.90 Å². The quantitative estimate of drug-likeness (QED) is 0.695. The van der Waals surface area contributed by atoms with E-state index in [0.717, 1.165) is 45.4 Å². The molecule has 104 valence electrons. The van der Waals surface area contributed by atoms with Gasteiger partial charge in [0.05, 0.1) is 6.10 Å². The van der Waals surface area contributed by atoms with E-state index in [2.05, 4.69) is 10.2 Å². The molecule has 1 unspecified atom stereocenters. The van der Waals surface area contributed by atoms with Crippen LogP contribution in [-0.4, -0.2) is 48.2 Å². The number of nitrogens with one attached hydrogen (secondary N) is 1. The summed E-state index contributed by atoms with van der Waals surface area (Å²) in [6.07, 6.45) is 5.16. The van der Waals surface area contributed by atoms with Crippen molar-refractivity contribution in [1.29, 1.82) is 0 Å². The molecule has 2 fully saturated rings. The molecule has 1 heterocycles. The Morgan fingerprint density at radius 1 is 1.33 bits per heavy atom. The second-order valence-corrected chi connectivity index (χ2v) is 5.84. The van der Waals surface area contributed by atoms with Crippen molar-refractivity contribution in [3.63, 3.8) is 0 Å². The van der Waals surface area contributed by atoms with Gasteiger partial charge in [-0.05, 0) is 44.6 Å². The number of hydrogen-bond donors (Lipinski definition) is 2. The molecule has 0 spiro atoms. The molecule has 0 radical (unpaired) electrons. The lowest BCUT2D eigenvalue weighted by Crippen LogP contribution is -2.38. The number of piperidine rings is 1. The Bertz CT molecular complexity index is 271. The Labute approximate surface area is 110 Å². The van der Waals surface area contributed by atoms with Crippen LogP contribution in [0.15, 0.2) is 0 Å². The minimum Gasteiger partial charge on any atom is -0.393 e. The first-order valence-electron chi connectivity index (χ1n) is 7.35. The maximum atomic E-state index is 11.8. The molecule has 18 heavy (non-hydrogen) atoms. The Balaban J connectivity index is 1.51. The van der Waals surface area contributed by atoms with E-state index in [-0.39, 0.29) is 17.9 Å². The molecule has 4 nitrogen and oxygen atoms in total. The highest BCUT2D eigenvalue weighted by Crippen LogP contribution is 2.36. The number of aliphatic hydroxyl groups excluding tert-OH is 1. The normalized spacial score (nSPS) is 23.9. The molecule has 0 bridgehead atoms. The molecule has 0 aromatic heterocycles. The highest BCUT2D eigenvalue weighted by molar-refractivity contribution is 5.78. The lowest BCUT2D eigenvalue weighted by molar-refractivity contribution is -0.125. The summed E-state index contributed by atoms with van der Waals surface area (Å²) < 4.78 is 0. The van der Waals surface area contributed by atoms with Gasteiger partial charge in [0.2, 0.25) is 5.91 Å². The molecule has 4 heteroatoms. The number of aliphatic hydroxyl groups is 1. The summed E-state index contributed by atoms with van der Waals surface area (Å²) in [6, 6.07) is 0. The minimum atomic E-state index is -0.0969. The lowest BCUT2D eigenvalue weighted by Gasteiger charge is -2.29. The van der Waals surface area contributed by atoms with E-state index in [1.54, 1.807) is 0 Å². The molecule has 2 aliphatic rings. The predicted octanol–water partition coefficient (Wildman–Crippen LogP) is 0.995. The standard InChI is InChI=1S/C14H26N2O2/c1-11(12-3-4-12)14(18)15-7-2-8-16-9-5-13(17)6-10-16/h11-13,17H,2-10H2,1H3,(H,15,18). The highest BCUT2D eigenvalue weighted by Gasteiger charge is 2.32. The third-order valence-corrected chi connectivity index (χ3v) is 4.25. The van der Waals surface area contributed by atoms with E-state index in [1.165, 1.54) is 12.8 Å². The zero-order valence-corrected chi connectivity index (χ0v) is 11.4. The first-order valence-corrected chi connectivity index (χ1v) is 7.35. The molecule has 1 aliphatic carbocycles. The summed E-state index contributed by atoms with van der Waals surface area (Å²) in [4.78, 5) is 14.1. The number of nitrogens with zero attached hydrogens (tertiary/aromatic N) is 1. The molecule has 0 aromatic carbocycles. The smallest absolute Gasteiger partial charge is 0.223 e. The van der Waals surface area contributed by atoms with Gasteiger partial charge < -0.3 is 15.3 Å². The van der Waals surface area contributed by atoms with E-state index in [0.29, 0.717) is 5.92 Å². The lowest BCUT2D eigenvalue weighted by atomic mass is 10.1. The van der Waals surface area contributed by atoms with Crippen LogP contribution >= 0.6 is 0 Å². The topological polar surface area (TPSA) is 52.6 Å². The van der Waals surface area contributed by atoms with Gasteiger partial charge in [-0.15, -0.1) is 0 Å². The van der Waals surface area contributed by atoms with E-state index in [1.807, 2.05) is 6.92 Å². The summed E-state index contributed by atoms with van der Waals surface area (Å²) in [5.41, 5.74) is 0. The highest BCUT2D eigenvalue weighted by atomic mass is 16.3. The minimum absolute atomic E-state index is 0.0969. The maximum absolute atomic E-state index is 11.8. The Kier molecular flexibility index (Phi) is 5.01. The van der Waals surface area contributed by atoms with Crippen molar-refractivity contribution >= 4 is 5.91 Å². The van der Waals surface area contributed by atoms with Crippen LogP contribution in [0.5, 0.6) is 0 Å². The van der Waals surface area contributed by atoms with Crippen LogP contribution in [0.4, 0.5) is 0 Å². The van der Waals surface area contributed by atoms with Gasteiger partial charge in [0.25, 0.3) is 0 Å². The average molecular weight is 254 g/mol. The molecule has 1 saturated heterocycles. The zero-order chi connectivity index (χ0) is 13.0. The van der Waals surface area contributed by atoms with E-state index >= 15 is 0 Å². The Morgan fingerprint density at radius 3 is 2.61 bits per heavy atom. The number of carbonyl (C=O) groups excluding carboxylic acids is 1. The second-order valence-electron chi connectivity index (χ2n) is 5.84. The average Bonchev–Trinajstić information content (AvgIpc) is 3.20. The van der Waals surface area contributed by atoms with Crippen LogP contribution in [0.1, 0.15) is 39.0 Å². The van der Waals surface area contributed by atoms with Gasteiger partial charge in [-0.1, -0.05) is 6.92 Å². The van der Waals surface area contributed by atoms with Gasteiger partial charge in [-0.3, -0.25) is 4.79 Å². The van der Waals surface area contributed by atoms with Crippen LogP contribution < -0.4 is 5.32 Å². The summed E-state index contributed by atoms with van der Waals surface area (Å²) >= 11 is 0. The third kappa shape index (κ3) is 4.25. The molecule has 1 aliphatic heterocycles. The number of amides is 1. The van der Waals surface area contributed by atoms with Crippen LogP contribution in [-0.2, 0) is 4.79 Å². The first-order chi connectivity index (χ1) is 8.66. The number of carbonyl (C=O) groups is 1. The summed E-state index contributed by atoms with van der Waals surface area (Å²) in [7, 11) is 0. The number of rotatable bonds is 6. The summed E-state index contributed by atoms with van der Waals surface area (Å²) in [5, 5.41) is 12.4. The van der Waals surface area contributed by atoms with Gasteiger partial charge in [0.1, 0.15) is 0 Å². The van der Waals surface area contributed by atoms with Crippen molar-refractivity contribution in [1.82, 2.24) is 10.2 Å². The van der Waals surface area contributed by atoms with Crippen molar-refractivity contribution in [3.05, 3.63) is 0 Å². The van der Waals surface area contributed by atoms with Crippen molar-refractivity contribution in [2.24, 2.45) is 11.8 Å². The molecular formula is C14H26N2O2. The molecule has 1 amide bonds. The second kappa shape index (κ2) is 6.53. The predicted molar refractivity (Wildman–Crippen MR) is 71.2 cm³/mol. The van der Waals surface area contributed by atoms with E-state index in [9.17, 15) is 9.90 Å². The molecule has 1 saturated carbocycles. The van der Waals surface area contributed by atoms with Crippen LogP contribution in [0.3, 0.4) is 0 Å². The maximum Gasteiger partial charge on any atom is 0.223 e. The monoisotopic (exact) mass is 254 g/mol. The fraction of sp³-hybridized carbons (Fsp3) is 0.929. The van der Waals surface area contributed by atoms with Gasteiger partial charge in [0, 0.05) is 25.6 Å². The Hall–Kier alpha value is -0.610. The van der Waals surface area contributed by atoms with Gasteiger partial charge >= 0.3 is 0 Å². The third-order valence-electron chi connectivity index (χ3n) is 4.25. The molecule has 2 N–H and O–H groups in total. The van der Waals surface area contributed by atoms with Crippen molar-refractivity contribution in [3.8, 4) is 0 Å². The molecule has 1 atom stereocenters. The van der Waals surface area contributed by atoms with Gasteiger partial charge in [-0.25, -0.2) is 0 Å². The fourth-order valence-corrected chi connectivity index (χ4v) is 2.63. The SMILES string of the molecule is CC(C(=O)NCCCN1CCC(O)CC1)C1CC1. The van der Waals surface area contributed by atoms with Crippen molar-refractivity contribution in [2.75, 3.05) is 26.2 Å². The fourth-order valence-electron chi connectivity index (χ4n) is 2.63. The number of hydrogen-bond acceptors (Lipinski definition) is 3. The van der Waals surface area contributed by atoms with E-state index in [4.69, 9.17) is 0 Å². The van der Waals surface area contributed by atoms with Gasteiger partial charge in [0.15, 0.2) is 0 Å². The molecule has 2 rings (SSSR count). The zero-order valence-electron chi connectivity index (χ0n) is 11.4. The van der Waals surface area contributed by atoms with Crippen LogP contribution in [0.25, 0.3) is 0 Å². The largest absolute Gasteiger partial charge is 0.393 e. The van der Waals surface area contributed by atoms with Crippen LogP contribution in [0, 0.1) is 11.8 Å². The molecule has 0 aromatic rings. The number of likely N-dealkylation sites (tertiary alicyclic amines) is 1. The Morgan fingerprint density at radius 2 is 2.00 bits per heavy atom. The van der Waals surface area contributed by atoms with Gasteiger partial charge in [-0.2, -0.15) is 0 Å². The van der Waals surface area contributed by atoms with Crippen molar-refractivity contribution in [2.45, 2.75) is 45.1 Å². The first kappa shape index (κ1) is 13.8. The van der Waals surface area contributed by atoms with Crippen LogP contribution in [0.2, 0.25) is 0 Å². The van der Waals surface area contributed by atoms with E-state index < -0.39 is 0 Å².